The van der Waals surface area contributed by atoms with E-state index in [9.17, 15) is 0 Å². The van der Waals surface area contributed by atoms with Gasteiger partial charge in [0.25, 0.3) is 0 Å². The van der Waals surface area contributed by atoms with Crippen molar-refractivity contribution in [1.29, 1.82) is 0 Å². The largest absolute Gasteiger partial charge is 0.457 e. The molecule has 0 bridgehead atoms. The Labute approximate surface area is 329 Å². The van der Waals surface area contributed by atoms with E-state index in [0.717, 1.165) is 46.9 Å². The van der Waals surface area contributed by atoms with Crippen molar-refractivity contribution in [2.45, 2.75) is 44.1 Å². The molecule has 0 radical (unpaired) electrons. The molecule has 1 fully saturated rings. The van der Waals surface area contributed by atoms with Crippen LogP contribution >= 0.6 is 0 Å². The summed E-state index contributed by atoms with van der Waals surface area (Å²) in [6, 6.07) is 54.2. The van der Waals surface area contributed by atoms with Gasteiger partial charge in [-0.3, -0.25) is 9.97 Å². The van der Waals surface area contributed by atoms with Crippen molar-refractivity contribution >= 4 is 11.4 Å². The highest BCUT2D eigenvalue weighted by Gasteiger charge is 2.80. The normalized spacial score (nSPS) is 21.9. The Balaban J connectivity index is 1.13. The molecule has 3 aliphatic rings. The van der Waals surface area contributed by atoms with E-state index in [2.05, 4.69) is 177 Å². The Morgan fingerprint density at radius 3 is 2.16 bits per heavy atom. The summed E-state index contributed by atoms with van der Waals surface area (Å²) in [5.74, 6) is 1.88. The van der Waals surface area contributed by atoms with Gasteiger partial charge in [0.05, 0.1) is 11.2 Å². The topological polar surface area (TPSA) is 38.2 Å². The smallest absolute Gasteiger partial charge is 0.128 e. The molecule has 4 atom stereocenters. The minimum atomic E-state index is -0.394. The summed E-state index contributed by atoms with van der Waals surface area (Å²) < 4.78 is 6.94. The van der Waals surface area contributed by atoms with Crippen molar-refractivity contribution in [3.63, 3.8) is 0 Å². The highest BCUT2D eigenvalue weighted by atomic mass is 16.5. The van der Waals surface area contributed by atoms with E-state index in [1.807, 2.05) is 30.6 Å². The summed E-state index contributed by atoms with van der Waals surface area (Å²) in [5, 5.41) is 0. The summed E-state index contributed by atoms with van der Waals surface area (Å²) in [7, 11) is 0. The number of benzene rings is 5. The molecule has 0 saturated heterocycles. The van der Waals surface area contributed by atoms with Crippen LogP contribution in [0.5, 0.6) is 11.5 Å². The number of ether oxygens (including phenoxy) is 1. The van der Waals surface area contributed by atoms with Crippen molar-refractivity contribution in [3.8, 4) is 33.9 Å². The lowest BCUT2D eigenvalue weighted by Gasteiger charge is -2.42. The molecule has 56 heavy (non-hydrogen) atoms. The molecular formula is C52H43N3O. The summed E-state index contributed by atoms with van der Waals surface area (Å²) in [6.07, 6.45) is 15.3. The molecule has 7 aromatic rings. The van der Waals surface area contributed by atoms with Gasteiger partial charge >= 0.3 is 0 Å². The number of aryl methyl sites for hydroxylation is 3. The Kier molecular flexibility index (Phi) is 8.29. The number of fused-ring (bicyclic) bond motifs is 1. The van der Waals surface area contributed by atoms with Gasteiger partial charge in [0.1, 0.15) is 11.5 Å². The molecular weight excluding hydrogens is 683 g/mol. The minimum absolute atomic E-state index is 0.108. The number of rotatable bonds is 7. The summed E-state index contributed by atoms with van der Waals surface area (Å²) in [5.41, 5.74) is 12.3. The highest BCUT2D eigenvalue weighted by Crippen LogP contribution is 2.80. The average molecular weight is 726 g/mol. The van der Waals surface area contributed by atoms with Crippen LogP contribution in [0.2, 0.25) is 0 Å². The molecule has 4 nitrogen and oxygen atoms in total. The van der Waals surface area contributed by atoms with E-state index in [0.29, 0.717) is 0 Å². The van der Waals surface area contributed by atoms with Gasteiger partial charge in [-0.15, -0.1) is 0 Å². The lowest BCUT2D eigenvalue weighted by atomic mass is 9.74. The van der Waals surface area contributed by atoms with Crippen molar-refractivity contribution in [3.05, 3.63) is 216 Å². The standard InChI is InChI=1S/C52H43N3O/c1-36-16-14-17-37(2)49(36)41-32-40(46-23-8-12-30-53-46)34-44(35-41)56-43-22-15-19-39(33-43)50-51-28-10-11-29-52(50,51)55(42-20-4-3-5-21-42)48-25-7-6-18-38(48)26-27-45(51)47-24-9-13-31-54-47/h3-25,28-35,45,50H,26-27H2,1-2H3/t45-,50+,51?,52?/m0/s1. The van der Waals surface area contributed by atoms with Crippen molar-refractivity contribution in [2.24, 2.45) is 5.41 Å². The molecule has 0 N–H and O–H groups in total. The van der Waals surface area contributed by atoms with Gasteiger partial charge in [0.2, 0.25) is 0 Å². The fourth-order valence-electron chi connectivity index (χ4n) is 10.2. The van der Waals surface area contributed by atoms with Crippen LogP contribution < -0.4 is 9.64 Å². The fraction of sp³-hybridized carbons (Fsp3) is 0.154. The number of para-hydroxylation sites is 2. The molecule has 0 spiro atoms. The summed E-state index contributed by atoms with van der Waals surface area (Å²) in [6.45, 7) is 4.35. The molecule has 1 saturated carbocycles. The first-order valence-electron chi connectivity index (χ1n) is 19.7. The number of hydrogen-bond donors (Lipinski definition) is 0. The van der Waals surface area contributed by atoms with E-state index < -0.39 is 5.54 Å². The number of pyridine rings is 2. The first kappa shape index (κ1) is 34.0. The third-order valence-electron chi connectivity index (χ3n) is 12.4. The Bertz CT molecular complexity index is 2600. The first-order valence-corrected chi connectivity index (χ1v) is 19.7. The fourth-order valence-corrected chi connectivity index (χ4v) is 10.2. The van der Waals surface area contributed by atoms with Crippen LogP contribution in [-0.4, -0.2) is 15.5 Å². The van der Waals surface area contributed by atoms with Crippen molar-refractivity contribution in [1.82, 2.24) is 9.97 Å². The number of nitrogens with zero attached hydrogens (tertiary/aromatic N) is 3. The molecule has 5 aromatic carbocycles. The lowest BCUT2D eigenvalue weighted by Crippen LogP contribution is -2.42. The van der Waals surface area contributed by atoms with Crippen molar-refractivity contribution in [2.75, 3.05) is 4.90 Å². The predicted octanol–water partition coefficient (Wildman–Crippen LogP) is 12.7. The molecule has 4 heteroatoms. The van der Waals surface area contributed by atoms with Crippen molar-refractivity contribution < 1.29 is 4.74 Å². The number of allylic oxidation sites excluding steroid dienone is 2. The molecule has 3 heterocycles. The maximum atomic E-state index is 6.94. The van der Waals surface area contributed by atoms with Crippen LogP contribution in [0.4, 0.5) is 11.4 Å². The second kappa shape index (κ2) is 13.6. The first-order chi connectivity index (χ1) is 27.6. The van der Waals surface area contributed by atoms with Crippen LogP contribution in [-0.2, 0) is 6.42 Å². The highest BCUT2D eigenvalue weighted by molar-refractivity contribution is 5.80. The van der Waals surface area contributed by atoms with E-state index >= 15 is 0 Å². The third-order valence-corrected chi connectivity index (χ3v) is 12.4. The minimum Gasteiger partial charge on any atom is -0.457 e. The van der Waals surface area contributed by atoms with Gasteiger partial charge in [-0.1, -0.05) is 103 Å². The molecule has 0 amide bonds. The number of anilines is 2. The van der Waals surface area contributed by atoms with Crippen LogP contribution in [0, 0.1) is 19.3 Å². The molecule has 2 unspecified atom stereocenters. The van der Waals surface area contributed by atoms with Crippen LogP contribution in [0.1, 0.15) is 46.2 Å². The SMILES string of the molecule is Cc1cccc(C)c1-c1cc(Oc2cccc([C@@H]3C45C=CC=CC34N(c3ccccc3)c3ccccc3CC[C@H]5c3ccccn3)c2)cc(-c2ccccn2)c1. The average Bonchev–Trinajstić information content (AvgIpc) is 3.85. The van der Waals surface area contributed by atoms with Gasteiger partial charge in [-0.05, 0) is 133 Å². The van der Waals surface area contributed by atoms with E-state index in [1.165, 1.54) is 39.2 Å². The Morgan fingerprint density at radius 2 is 1.36 bits per heavy atom. The molecule has 2 aromatic heterocycles. The Hall–Kier alpha value is -6.52. The van der Waals surface area contributed by atoms with Crippen LogP contribution in [0.3, 0.4) is 0 Å². The van der Waals surface area contributed by atoms with Gasteiger partial charge in [0, 0.05) is 52.3 Å². The molecule has 2 aliphatic carbocycles. The Morgan fingerprint density at radius 1 is 0.625 bits per heavy atom. The maximum Gasteiger partial charge on any atom is 0.128 e. The molecule has 272 valence electrons. The van der Waals surface area contributed by atoms with Gasteiger partial charge in [-0.2, -0.15) is 0 Å². The van der Waals surface area contributed by atoms with Gasteiger partial charge in [-0.25, -0.2) is 0 Å². The van der Waals surface area contributed by atoms with Crippen LogP contribution in [0.25, 0.3) is 22.4 Å². The molecule has 10 rings (SSSR count). The lowest BCUT2D eigenvalue weighted by molar-refractivity contribution is 0.396. The summed E-state index contributed by atoms with van der Waals surface area (Å²) in [4.78, 5) is 12.4. The summed E-state index contributed by atoms with van der Waals surface area (Å²) >= 11 is 0. The number of aromatic nitrogens is 2. The number of hydrogen-bond acceptors (Lipinski definition) is 4. The monoisotopic (exact) mass is 725 g/mol. The van der Waals surface area contributed by atoms with E-state index in [4.69, 9.17) is 14.7 Å². The molecule has 1 aliphatic heterocycles. The van der Waals surface area contributed by atoms with Gasteiger partial charge < -0.3 is 9.64 Å². The zero-order chi connectivity index (χ0) is 37.7. The third kappa shape index (κ3) is 5.43. The van der Waals surface area contributed by atoms with E-state index in [1.54, 1.807) is 0 Å². The maximum absolute atomic E-state index is 6.94. The zero-order valence-electron chi connectivity index (χ0n) is 31.7. The second-order valence-electron chi connectivity index (χ2n) is 15.5. The van der Waals surface area contributed by atoms with Gasteiger partial charge in [0.15, 0.2) is 0 Å². The second-order valence-corrected chi connectivity index (χ2v) is 15.5. The zero-order valence-corrected chi connectivity index (χ0v) is 31.7. The van der Waals surface area contributed by atoms with Crippen LogP contribution in [0.15, 0.2) is 188 Å². The quantitative estimate of drug-likeness (QED) is 0.164. The van der Waals surface area contributed by atoms with E-state index in [-0.39, 0.29) is 17.3 Å². The predicted molar refractivity (Wildman–Crippen MR) is 228 cm³/mol.